The molecule has 2 aromatic carbocycles. The number of hydrogen-bond donors (Lipinski definition) is 2. The Labute approximate surface area is 135 Å². The molecule has 5 heteroatoms. The maximum absolute atomic E-state index is 11.8. The second kappa shape index (κ2) is 7.45. The number of hydrogen-bond acceptors (Lipinski definition) is 4. The molecule has 0 aliphatic rings. The van der Waals surface area contributed by atoms with E-state index in [2.05, 4.69) is 10.5 Å². The van der Waals surface area contributed by atoms with Crippen molar-refractivity contribution < 1.29 is 14.6 Å². The summed E-state index contributed by atoms with van der Waals surface area (Å²) in [5.74, 6) is 0.520. The fourth-order valence-corrected chi connectivity index (χ4v) is 2.11. The monoisotopic (exact) mass is 312 g/mol. The number of nitrogens with zero attached hydrogens (tertiary/aromatic N) is 1. The maximum atomic E-state index is 11.8. The molecule has 120 valence electrons. The van der Waals surface area contributed by atoms with E-state index in [4.69, 9.17) is 4.74 Å². The maximum Gasteiger partial charge on any atom is 0.277 e. The molecule has 0 atom stereocenters. The molecule has 1 amide bonds. The van der Waals surface area contributed by atoms with Crippen LogP contribution in [0.5, 0.6) is 11.5 Å². The van der Waals surface area contributed by atoms with Gasteiger partial charge < -0.3 is 9.84 Å². The molecular weight excluding hydrogens is 292 g/mol. The highest BCUT2D eigenvalue weighted by molar-refractivity contribution is 5.99. The molecule has 0 radical (unpaired) electrons. The fraction of sp³-hybridized carbons (Fsp3) is 0.222. The van der Waals surface area contributed by atoms with E-state index in [9.17, 15) is 9.90 Å². The zero-order valence-corrected chi connectivity index (χ0v) is 13.5. The van der Waals surface area contributed by atoms with E-state index < -0.39 is 0 Å². The highest BCUT2D eigenvalue weighted by Crippen LogP contribution is 2.16. The van der Waals surface area contributed by atoms with E-state index in [1.165, 1.54) is 0 Å². The number of phenolic OH excluding ortho intramolecular Hbond substituents is 1. The van der Waals surface area contributed by atoms with Crippen LogP contribution in [-0.4, -0.2) is 23.3 Å². The molecule has 0 aliphatic heterocycles. The quantitative estimate of drug-likeness (QED) is 0.659. The summed E-state index contributed by atoms with van der Waals surface area (Å²) < 4.78 is 5.47. The normalized spacial score (nSPS) is 11.2. The van der Waals surface area contributed by atoms with Gasteiger partial charge >= 0.3 is 0 Å². The Morgan fingerprint density at radius 1 is 1.13 bits per heavy atom. The van der Waals surface area contributed by atoms with Gasteiger partial charge in [-0.25, -0.2) is 5.43 Å². The van der Waals surface area contributed by atoms with E-state index in [0.717, 1.165) is 16.7 Å². The molecule has 0 fully saturated rings. The van der Waals surface area contributed by atoms with Gasteiger partial charge in [-0.15, -0.1) is 0 Å². The first-order valence-electron chi connectivity index (χ1n) is 7.27. The number of benzene rings is 2. The number of aryl methyl sites for hydroxylation is 2. The summed E-state index contributed by atoms with van der Waals surface area (Å²) in [6, 6.07) is 12.4. The van der Waals surface area contributed by atoms with Gasteiger partial charge in [-0.2, -0.15) is 5.10 Å². The zero-order valence-electron chi connectivity index (χ0n) is 13.5. The first-order valence-corrected chi connectivity index (χ1v) is 7.27. The first-order chi connectivity index (χ1) is 10.9. The third-order valence-corrected chi connectivity index (χ3v) is 3.20. The second-order valence-corrected chi connectivity index (χ2v) is 5.39. The predicted molar refractivity (Wildman–Crippen MR) is 89.9 cm³/mol. The lowest BCUT2D eigenvalue weighted by Gasteiger charge is -2.08. The molecule has 0 bridgehead atoms. The zero-order chi connectivity index (χ0) is 16.8. The number of rotatable bonds is 5. The third kappa shape index (κ3) is 5.14. The van der Waals surface area contributed by atoms with E-state index >= 15 is 0 Å². The lowest BCUT2D eigenvalue weighted by atomic mass is 10.1. The average Bonchev–Trinajstić information content (AvgIpc) is 2.50. The van der Waals surface area contributed by atoms with Crippen LogP contribution >= 0.6 is 0 Å². The van der Waals surface area contributed by atoms with Crippen molar-refractivity contribution in [2.24, 2.45) is 5.10 Å². The summed E-state index contributed by atoms with van der Waals surface area (Å²) in [6.07, 6.45) is 0. The van der Waals surface area contributed by atoms with Crippen LogP contribution < -0.4 is 10.2 Å². The fourth-order valence-electron chi connectivity index (χ4n) is 2.11. The third-order valence-electron chi connectivity index (χ3n) is 3.20. The van der Waals surface area contributed by atoms with Gasteiger partial charge in [0.05, 0.1) is 5.71 Å². The van der Waals surface area contributed by atoms with Crippen molar-refractivity contribution in [1.29, 1.82) is 0 Å². The van der Waals surface area contributed by atoms with Crippen molar-refractivity contribution in [3.05, 3.63) is 59.2 Å². The van der Waals surface area contributed by atoms with Gasteiger partial charge in [0, 0.05) is 0 Å². The Balaban J connectivity index is 1.89. The van der Waals surface area contributed by atoms with Crippen LogP contribution in [0.4, 0.5) is 0 Å². The van der Waals surface area contributed by atoms with Crippen molar-refractivity contribution in [3.8, 4) is 11.5 Å². The van der Waals surface area contributed by atoms with Crippen molar-refractivity contribution in [3.63, 3.8) is 0 Å². The Bertz CT molecular complexity index is 701. The van der Waals surface area contributed by atoms with Crippen LogP contribution in [0.1, 0.15) is 23.6 Å². The van der Waals surface area contributed by atoms with Crippen molar-refractivity contribution >= 4 is 11.6 Å². The number of amides is 1. The number of carbonyl (C=O) groups is 1. The van der Waals surface area contributed by atoms with Crippen LogP contribution in [0.15, 0.2) is 47.6 Å². The molecular formula is C18H20N2O3. The molecule has 23 heavy (non-hydrogen) atoms. The Morgan fingerprint density at radius 2 is 1.74 bits per heavy atom. The van der Waals surface area contributed by atoms with Gasteiger partial charge in [0.1, 0.15) is 11.5 Å². The Morgan fingerprint density at radius 3 is 2.35 bits per heavy atom. The van der Waals surface area contributed by atoms with Gasteiger partial charge in [-0.1, -0.05) is 6.07 Å². The van der Waals surface area contributed by atoms with E-state index in [-0.39, 0.29) is 18.3 Å². The largest absolute Gasteiger partial charge is 0.508 e. The summed E-state index contributed by atoms with van der Waals surface area (Å²) in [7, 11) is 0. The van der Waals surface area contributed by atoms with Gasteiger partial charge in [0.2, 0.25) is 0 Å². The molecule has 0 spiro atoms. The summed E-state index contributed by atoms with van der Waals surface area (Å²) >= 11 is 0. The van der Waals surface area contributed by atoms with Crippen LogP contribution in [0, 0.1) is 13.8 Å². The van der Waals surface area contributed by atoms with E-state index in [1.54, 1.807) is 31.2 Å². The highest BCUT2D eigenvalue weighted by atomic mass is 16.5. The molecule has 0 aliphatic carbocycles. The molecule has 0 heterocycles. The van der Waals surface area contributed by atoms with Gasteiger partial charge in [0.25, 0.3) is 5.91 Å². The van der Waals surface area contributed by atoms with Gasteiger partial charge in [-0.05, 0) is 73.9 Å². The molecule has 2 N–H and O–H groups in total. The molecule has 5 nitrogen and oxygen atoms in total. The van der Waals surface area contributed by atoms with Crippen molar-refractivity contribution in [2.75, 3.05) is 6.61 Å². The second-order valence-electron chi connectivity index (χ2n) is 5.39. The Hall–Kier alpha value is -2.82. The topological polar surface area (TPSA) is 70.9 Å². The summed E-state index contributed by atoms with van der Waals surface area (Å²) in [4.78, 5) is 11.8. The van der Waals surface area contributed by atoms with Gasteiger partial charge in [-0.3, -0.25) is 4.79 Å². The van der Waals surface area contributed by atoms with E-state index in [1.807, 2.05) is 32.0 Å². The first kappa shape index (κ1) is 16.5. The van der Waals surface area contributed by atoms with Crippen LogP contribution in [-0.2, 0) is 4.79 Å². The number of phenols is 1. The lowest BCUT2D eigenvalue weighted by molar-refractivity contribution is -0.123. The molecule has 2 rings (SSSR count). The lowest BCUT2D eigenvalue weighted by Crippen LogP contribution is -2.25. The standard InChI is InChI=1S/C18H20N2O3/c1-12-8-13(2)10-17(9-12)23-11-18(22)20-19-14(3)15-4-6-16(21)7-5-15/h4-10,21H,11H2,1-3H3,(H,20,22). The van der Waals surface area contributed by atoms with Crippen molar-refractivity contribution in [1.82, 2.24) is 5.43 Å². The summed E-state index contributed by atoms with van der Waals surface area (Å²) in [5, 5.41) is 13.3. The molecule has 0 aromatic heterocycles. The van der Waals surface area contributed by atoms with Gasteiger partial charge in [0.15, 0.2) is 6.61 Å². The molecule has 2 aromatic rings. The average molecular weight is 312 g/mol. The summed E-state index contributed by atoms with van der Waals surface area (Å²) in [6.45, 7) is 5.63. The predicted octanol–water partition coefficient (Wildman–Crippen LogP) is 2.93. The minimum Gasteiger partial charge on any atom is -0.508 e. The number of carbonyl (C=O) groups excluding carboxylic acids is 1. The van der Waals surface area contributed by atoms with E-state index in [0.29, 0.717) is 11.5 Å². The SMILES string of the molecule is CC(=NNC(=O)COc1cc(C)cc(C)c1)c1ccc(O)cc1. The van der Waals surface area contributed by atoms with Crippen molar-refractivity contribution in [2.45, 2.75) is 20.8 Å². The van der Waals surface area contributed by atoms with Crippen LogP contribution in [0.3, 0.4) is 0 Å². The van der Waals surface area contributed by atoms with Crippen LogP contribution in [0.2, 0.25) is 0 Å². The van der Waals surface area contributed by atoms with Crippen LogP contribution in [0.25, 0.3) is 0 Å². The number of hydrazone groups is 1. The molecule has 0 unspecified atom stereocenters. The Kier molecular flexibility index (Phi) is 5.36. The minimum absolute atomic E-state index is 0.102. The summed E-state index contributed by atoms with van der Waals surface area (Å²) in [5.41, 5.74) is 6.09. The number of aromatic hydroxyl groups is 1. The minimum atomic E-state index is -0.331. The smallest absolute Gasteiger partial charge is 0.277 e. The number of nitrogens with one attached hydrogen (secondary N) is 1. The highest BCUT2D eigenvalue weighted by Gasteiger charge is 2.04. The molecule has 0 saturated carbocycles. The number of ether oxygens (including phenoxy) is 1. The molecule has 0 saturated heterocycles.